The number of nitrogen functional groups attached to an aromatic ring is 1. The summed E-state index contributed by atoms with van der Waals surface area (Å²) in [6.45, 7) is 2.06. The third kappa shape index (κ3) is 0.897. The first-order chi connectivity index (χ1) is 5.29. The van der Waals surface area contributed by atoms with E-state index in [4.69, 9.17) is 5.73 Å². The number of fused-ring (bicyclic) bond motifs is 1. The van der Waals surface area contributed by atoms with Crippen LogP contribution in [0.15, 0.2) is 6.20 Å². The molecule has 1 heterocycles. The van der Waals surface area contributed by atoms with E-state index < -0.39 is 0 Å². The lowest BCUT2D eigenvalue weighted by atomic mass is 10.1. The van der Waals surface area contributed by atoms with Gasteiger partial charge in [-0.1, -0.05) is 0 Å². The topological polar surface area (TPSA) is 38.9 Å². The maximum Gasteiger partial charge on any atom is 0.126 e. The molecule has 2 nitrogen and oxygen atoms in total. The normalized spacial score (nSPS) is 15.0. The number of nitrogens with zero attached hydrogens (tertiary/aromatic N) is 1. The van der Waals surface area contributed by atoms with Crippen LogP contribution in [-0.2, 0) is 12.8 Å². The summed E-state index contributed by atoms with van der Waals surface area (Å²) in [5.74, 6) is 0.700. The van der Waals surface area contributed by atoms with Crippen molar-refractivity contribution in [2.24, 2.45) is 0 Å². The summed E-state index contributed by atoms with van der Waals surface area (Å²) in [5.41, 5.74) is 9.72. The number of aryl methyl sites for hydroxylation is 1. The van der Waals surface area contributed by atoms with Gasteiger partial charge in [0, 0.05) is 6.20 Å². The Balaban J connectivity index is 2.62. The molecule has 0 aromatic carbocycles. The second kappa shape index (κ2) is 2.22. The van der Waals surface area contributed by atoms with Crippen LogP contribution in [0.4, 0.5) is 5.82 Å². The van der Waals surface area contributed by atoms with Gasteiger partial charge < -0.3 is 5.73 Å². The monoisotopic (exact) mass is 148 g/mol. The molecule has 0 amide bonds. The minimum atomic E-state index is 0.700. The largest absolute Gasteiger partial charge is 0.383 e. The average Bonchev–Trinajstić information content (AvgIpc) is 2.45. The van der Waals surface area contributed by atoms with Crippen molar-refractivity contribution in [2.45, 2.75) is 26.2 Å². The zero-order valence-electron chi connectivity index (χ0n) is 6.72. The van der Waals surface area contributed by atoms with Gasteiger partial charge >= 0.3 is 0 Å². The Morgan fingerprint density at radius 3 is 3.09 bits per heavy atom. The molecule has 1 aromatic rings. The van der Waals surface area contributed by atoms with E-state index in [1.54, 1.807) is 0 Å². The molecule has 0 bridgehead atoms. The van der Waals surface area contributed by atoms with Crippen LogP contribution in [0, 0.1) is 6.92 Å². The van der Waals surface area contributed by atoms with Crippen molar-refractivity contribution >= 4 is 5.82 Å². The van der Waals surface area contributed by atoms with Crippen molar-refractivity contribution in [3.05, 3.63) is 22.9 Å². The van der Waals surface area contributed by atoms with Crippen LogP contribution in [0.25, 0.3) is 0 Å². The molecule has 2 heteroatoms. The Bertz CT molecular complexity index is 292. The van der Waals surface area contributed by atoms with Gasteiger partial charge in [0.2, 0.25) is 0 Å². The maximum absolute atomic E-state index is 5.68. The maximum atomic E-state index is 5.68. The van der Waals surface area contributed by atoms with E-state index in [9.17, 15) is 0 Å². The summed E-state index contributed by atoms with van der Waals surface area (Å²) in [4.78, 5) is 4.13. The Labute approximate surface area is 66.4 Å². The first kappa shape index (κ1) is 6.65. The minimum Gasteiger partial charge on any atom is -0.383 e. The fourth-order valence-corrected chi connectivity index (χ4v) is 1.74. The minimum absolute atomic E-state index is 0.700. The molecule has 1 aliphatic rings. The van der Waals surface area contributed by atoms with E-state index in [-0.39, 0.29) is 0 Å². The quantitative estimate of drug-likeness (QED) is 0.605. The van der Waals surface area contributed by atoms with Gasteiger partial charge in [0.05, 0.1) is 0 Å². The number of anilines is 1. The number of hydrogen-bond donors (Lipinski definition) is 1. The van der Waals surface area contributed by atoms with Gasteiger partial charge in [-0.2, -0.15) is 0 Å². The molecular formula is C9H12N2. The number of hydrogen-bond acceptors (Lipinski definition) is 2. The summed E-state index contributed by atoms with van der Waals surface area (Å²) in [6, 6.07) is 0. The average molecular weight is 148 g/mol. The second-order valence-corrected chi connectivity index (χ2v) is 3.13. The summed E-state index contributed by atoms with van der Waals surface area (Å²) in [6.07, 6.45) is 5.56. The molecule has 2 N–H and O–H groups in total. The fourth-order valence-electron chi connectivity index (χ4n) is 1.74. The number of pyridine rings is 1. The zero-order chi connectivity index (χ0) is 7.84. The highest BCUT2D eigenvalue weighted by atomic mass is 14.8. The van der Waals surface area contributed by atoms with Gasteiger partial charge in [0.25, 0.3) is 0 Å². The van der Waals surface area contributed by atoms with Gasteiger partial charge in [-0.05, 0) is 42.9 Å². The molecule has 0 fully saturated rings. The van der Waals surface area contributed by atoms with Crippen molar-refractivity contribution in [3.8, 4) is 0 Å². The van der Waals surface area contributed by atoms with E-state index in [1.807, 2.05) is 6.20 Å². The molecule has 0 saturated heterocycles. The van der Waals surface area contributed by atoms with Gasteiger partial charge in [0.1, 0.15) is 5.82 Å². The smallest absolute Gasteiger partial charge is 0.126 e. The van der Waals surface area contributed by atoms with E-state index >= 15 is 0 Å². The van der Waals surface area contributed by atoms with Crippen molar-refractivity contribution < 1.29 is 0 Å². The van der Waals surface area contributed by atoms with E-state index in [2.05, 4.69) is 11.9 Å². The lowest BCUT2D eigenvalue weighted by molar-refractivity contribution is 0.909. The van der Waals surface area contributed by atoms with Crippen LogP contribution in [-0.4, -0.2) is 4.98 Å². The number of aromatic nitrogens is 1. The van der Waals surface area contributed by atoms with E-state index in [1.165, 1.54) is 36.0 Å². The van der Waals surface area contributed by atoms with Gasteiger partial charge in [-0.25, -0.2) is 4.98 Å². The Kier molecular flexibility index (Phi) is 1.34. The van der Waals surface area contributed by atoms with E-state index in [0.717, 1.165) is 0 Å². The molecule has 0 spiro atoms. The number of rotatable bonds is 0. The van der Waals surface area contributed by atoms with Crippen LogP contribution in [0.3, 0.4) is 0 Å². The van der Waals surface area contributed by atoms with Crippen molar-refractivity contribution in [1.82, 2.24) is 4.98 Å². The summed E-state index contributed by atoms with van der Waals surface area (Å²) < 4.78 is 0. The van der Waals surface area contributed by atoms with Gasteiger partial charge in [-0.3, -0.25) is 0 Å². The second-order valence-electron chi connectivity index (χ2n) is 3.13. The SMILES string of the molecule is Cc1c(N)ncc2c1CCC2. The molecule has 0 radical (unpaired) electrons. The fraction of sp³-hybridized carbons (Fsp3) is 0.444. The Morgan fingerprint density at radius 1 is 1.45 bits per heavy atom. The Hall–Kier alpha value is -1.05. The highest BCUT2D eigenvalue weighted by molar-refractivity contribution is 5.48. The summed E-state index contributed by atoms with van der Waals surface area (Å²) >= 11 is 0. The molecule has 58 valence electrons. The molecule has 2 rings (SSSR count). The van der Waals surface area contributed by atoms with Crippen LogP contribution in [0.2, 0.25) is 0 Å². The Morgan fingerprint density at radius 2 is 2.27 bits per heavy atom. The van der Waals surface area contributed by atoms with Crippen LogP contribution in [0.1, 0.15) is 23.1 Å². The molecule has 0 atom stereocenters. The first-order valence-electron chi connectivity index (χ1n) is 4.02. The standard InChI is InChI=1S/C9H12N2/c1-6-8-4-2-3-7(8)5-11-9(6)10/h5H,2-4H2,1H3,(H2,10,11). The molecular weight excluding hydrogens is 136 g/mol. The molecule has 1 aliphatic carbocycles. The molecule has 1 aromatic heterocycles. The molecule has 0 saturated carbocycles. The van der Waals surface area contributed by atoms with Gasteiger partial charge in [0.15, 0.2) is 0 Å². The lowest BCUT2D eigenvalue weighted by Gasteiger charge is -2.04. The molecule has 0 unspecified atom stereocenters. The first-order valence-corrected chi connectivity index (χ1v) is 4.02. The molecule has 11 heavy (non-hydrogen) atoms. The predicted octanol–water partition coefficient (Wildman–Crippen LogP) is 1.46. The van der Waals surface area contributed by atoms with Crippen molar-refractivity contribution in [1.29, 1.82) is 0 Å². The van der Waals surface area contributed by atoms with Crippen LogP contribution >= 0.6 is 0 Å². The van der Waals surface area contributed by atoms with Crippen LogP contribution in [0.5, 0.6) is 0 Å². The summed E-state index contributed by atoms with van der Waals surface area (Å²) in [7, 11) is 0. The number of nitrogens with two attached hydrogens (primary N) is 1. The van der Waals surface area contributed by atoms with Crippen molar-refractivity contribution in [2.75, 3.05) is 5.73 Å². The zero-order valence-corrected chi connectivity index (χ0v) is 6.72. The highest BCUT2D eigenvalue weighted by Gasteiger charge is 2.14. The lowest BCUT2D eigenvalue weighted by Crippen LogP contribution is -1.98. The predicted molar refractivity (Wildman–Crippen MR) is 45.4 cm³/mol. The highest BCUT2D eigenvalue weighted by Crippen LogP contribution is 2.26. The van der Waals surface area contributed by atoms with Gasteiger partial charge in [-0.15, -0.1) is 0 Å². The van der Waals surface area contributed by atoms with E-state index in [0.29, 0.717) is 5.82 Å². The third-order valence-corrected chi connectivity index (χ3v) is 2.46. The van der Waals surface area contributed by atoms with Crippen molar-refractivity contribution in [3.63, 3.8) is 0 Å². The third-order valence-electron chi connectivity index (χ3n) is 2.46. The van der Waals surface area contributed by atoms with Crippen LogP contribution < -0.4 is 5.73 Å². The summed E-state index contributed by atoms with van der Waals surface area (Å²) in [5, 5.41) is 0. The molecule has 0 aliphatic heterocycles.